The molecule has 2 aliphatic heterocycles. The predicted molar refractivity (Wildman–Crippen MR) is 119 cm³/mol. The van der Waals surface area contributed by atoms with E-state index in [1.54, 1.807) is 0 Å². The fraction of sp³-hybridized carbons (Fsp3) is 0.545. The van der Waals surface area contributed by atoms with Crippen LogP contribution in [-0.4, -0.2) is 63.9 Å². The highest BCUT2D eigenvalue weighted by Gasteiger charge is 2.39. The first-order chi connectivity index (χ1) is 14.1. The van der Waals surface area contributed by atoms with Crippen LogP contribution in [0.3, 0.4) is 0 Å². The molecule has 2 saturated heterocycles. The van der Waals surface area contributed by atoms with E-state index in [0.29, 0.717) is 6.04 Å². The van der Waals surface area contributed by atoms with Gasteiger partial charge in [-0.3, -0.25) is 9.88 Å². The van der Waals surface area contributed by atoms with E-state index < -0.39 is 0 Å². The number of nitrogens with one attached hydrogen (secondary N) is 1. The summed E-state index contributed by atoms with van der Waals surface area (Å²) in [6.07, 6.45) is 7.37. The van der Waals surface area contributed by atoms with Crippen molar-refractivity contribution in [2.45, 2.75) is 38.4 Å². The number of hydrogen-bond acceptors (Lipinski definition) is 4. The van der Waals surface area contributed by atoms with Crippen molar-refractivity contribution in [3.05, 3.63) is 54.1 Å². The summed E-state index contributed by atoms with van der Waals surface area (Å²) >= 11 is 5.77. The van der Waals surface area contributed by atoms with Gasteiger partial charge < -0.3 is 19.5 Å². The number of aromatic nitrogens is 2. The maximum Gasteiger partial charge on any atom is 0.170 e. The van der Waals surface area contributed by atoms with Gasteiger partial charge in [0.25, 0.3) is 0 Å². The normalized spacial score (nSPS) is 23.0. The summed E-state index contributed by atoms with van der Waals surface area (Å²) in [5.74, 6) is 0. The van der Waals surface area contributed by atoms with Gasteiger partial charge in [-0.05, 0) is 56.2 Å². The third-order valence-corrected chi connectivity index (χ3v) is 6.20. The van der Waals surface area contributed by atoms with Gasteiger partial charge in [-0.1, -0.05) is 6.07 Å². The van der Waals surface area contributed by atoms with Crippen molar-refractivity contribution in [3.63, 3.8) is 0 Å². The smallest absolute Gasteiger partial charge is 0.170 e. The largest absolute Gasteiger partial charge is 0.379 e. The molecule has 0 bridgehead atoms. The van der Waals surface area contributed by atoms with Crippen LogP contribution in [0, 0.1) is 0 Å². The van der Waals surface area contributed by atoms with Gasteiger partial charge >= 0.3 is 0 Å². The van der Waals surface area contributed by atoms with Gasteiger partial charge in [0, 0.05) is 50.8 Å². The predicted octanol–water partition coefficient (Wildman–Crippen LogP) is 3.16. The molecule has 0 amide bonds. The van der Waals surface area contributed by atoms with Crippen molar-refractivity contribution >= 4 is 17.3 Å². The van der Waals surface area contributed by atoms with E-state index in [9.17, 15) is 0 Å². The van der Waals surface area contributed by atoms with Gasteiger partial charge in [0.15, 0.2) is 5.11 Å². The summed E-state index contributed by atoms with van der Waals surface area (Å²) in [5, 5.41) is 4.37. The van der Waals surface area contributed by atoms with Crippen molar-refractivity contribution in [1.82, 2.24) is 24.7 Å². The Hall–Kier alpha value is -1.96. The molecule has 0 aromatic carbocycles. The van der Waals surface area contributed by atoms with E-state index in [4.69, 9.17) is 17.0 Å². The van der Waals surface area contributed by atoms with Crippen LogP contribution in [0.4, 0.5) is 0 Å². The van der Waals surface area contributed by atoms with E-state index in [-0.39, 0.29) is 12.1 Å². The Bertz CT molecular complexity index is 803. The second-order valence-corrected chi connectivity index (χ2v) is 8.50. The maximum atomic E-state index is 5.77. The van der Waals surface area contributed by atoms with Crippen LogP contribution in [0.1, 0.15) is 49.7 Å². The Kier molecular flexibility index (Phi) is 6.47. The Morgan fingerprint density at radius 3 is 2.72 bits per heavy atom. The first-order valence-electron chi connectivity index (χ1n) is 10.6. The zero-order valence-corrected chi connectivity index (χ0v) is 18.1. The molecule has 2 aliphatic rings. The van der Waals surface area contributed by atoms with Gasteiger partial charge in [0.1, 0.15) is 0 Å². The summed E-state index contributed by atoms with van der Waals surface area (Å²) in [6, 6.07) is 8.98. The fourth-order valence-electron chi connectivity index (χ4n) is 4.23. The molecule has 6 nitrogen and oxygen atoms in total. The Labute approximate surface area is 178 Å². The van der Waals surface area contributed by atoms with E-state index >= 15 is 0 Å². The van der Waals surface area contributed by atoms with E-state index in [2.05, 4.69) is 63.0 Å². The third-order valence-electron chi connectivity index (χ3n) is 5.85. The molecular formula is C22H31N5OS. The van der Waals surface area contributed by atoms with Crippen LogP contribution in [0.25, 0.3) is 0 Å². The van der Waals surface area contributed by atoms with Crippen LogP contribution in [0.5, 0.6) is 0 Å². The molecule has 1 N–H and O–H groups in total. The lowest BCUT2D eigenvalue weighted by Gasteiger charge is -2.30. The molecule has 4 heterocycles. The minimum atomic E-state index is 0.0649. The summed E-state index contributed by atoms with van der Waals surface area (Å²) in [7, 11) is 0. The molecular weight excluding hydrogens is 382 g/mol. The first-order valence-corrected chi connectivity index (χ1v) is 11.0. The highest BCUT2D eigenvalue weighted by molar-refractivity contribution is 7.80. The maximum absolute atomic E-state index is 5.77. The van der Waals surface area contributed by atoms with Crippen LogP contribution < -0.4 is 5.32 Å². The SMILES string of the molecule is CC(C)n1ccc([C@H]2[C@H](c3ccccn3)NC(=S)N2CCCN2CCOCC2)c1. The number of thiocarbonyl (C=S) groups is 1. The van der Waals surface area contributed by atoms with Gasteiger partial charge in [-0.25, -0.2) is 0 Å². The van der Waals surface area contributed by atoms with Crippen molar-refractivity contribution in [2.24, 2.45) is 0 Å². The molecule has 0 saturated carbocycles. The molecule has 7 heteroatoms. The van der Waals surface area contributed by atoms with Crippen molar-refractivity contribution < 1.29 is 4.74 Å². The molecule has 0 radical (unpaired) electrons. The molecule has 0 spiro atoms. The number of pyridine rings is 1. The van der Waals surface area contributed by atoms with E-state index in [1.807, 2.05) is 18.3 Å². The van der Waals surface area contributed by atoms with Crippen molar-refractivity contribution in [1.29, 1.82) is 0 Å². The van der Waals surface area contributed by atoms with Gasteiger partial charge in [0.05, 0.1) is 31.0 Å². The average Bonchev–Trinajstić information content (AvgIpc) is 3.35. The van der Waals surface area contributed by atoms with Crippen LogP contribution in [-0.2, 0) is 4.74 Å². The molecule has 2 aromatic rings. The summed E-state index contributed by atoms with van der Waals surface area (Å²) in [4.78, 5) is 9.46. The zero-order chi connectivity index (χ0) is 20.2. The minimum absolute atomic E-state index is 0.0649. The fourth-order valence-corrected chi connectivity index (χ4v) is 4.56. The lowest BCUT2D eigenvalue weighted by molar-refractivity contribution is 0.0365. The third kappa shape index (κ3) is 4.63. The standard InChI is InChI=1S/C22H31N5OS/c1-17(2)26-11-7-18(16-26)21-20(19-6-3-4-8-23-19)24-22(29)27(21)10-5-9-25-12-14-28-15-13-25/h3-4,6-8,11,16-17,20-21H,5,9-10,12-15H2,1-2H3,(H,24,29)/t20-,21-/m0/s1. The molecule has 2 atom stereocenters. The van der Waals surface area contributed by atoms with Crippen LogP contribution in [0.15, 0.2) is 42.9 Å². The second-order valence-electron chi connectivity index (χ2n) is 8.11. The molecule has 156 valence electrons. The zero-order valence-electron chi connectivity index (χ0n) is 17.3. The molecule has 0 aliphatic carbocycles. The minimum Gasteiger partial charge on any atom is -0.379 e. The Morgan fingerprint density at radius 2 is 2.03 bits per heavy atom. The summed E-state index contributed by atoms with van der Waals surface area (Å²) < 4.78 is 7.73. The van der Waals surface area contributed by atoms with Gasteiger partial charge in [-0.15, -0.1) is 0 Å². The molecule has 0 unspecified atom stereocenters. The molecule has 2 aromatic heterocycles. The number of ether oxygens (including phenoxy) is 1. The topological polar surface area (TPSA) is 45.6 Å². The lowest BCUT2D eigenvalue weighted by atomic mass is 9.99. The number of hydrogen-bond donors (Lipinski definition) is 1. The van der Waals surface area contributed by atoms with Crippen LogP contribution in [0.2, 0.25) is 0 Å². The van der Waals surface area contributed by atoms with E-state index in [0.717, 1.165) is 56.6 Å². The number of nitrogens with zero attached hydrogens (tertiary/aromatic N) is 4. The lowest BCUT2D eigenvalue weighted by Crippen LogP contribution is -2.38. The monoisotopic (exact) mass is 413 g/mol. The number of morpholine rings is 1. The first kappa shape index (κ1) is 20.3. The van der Waals surface area contributed by atoms with E-state index in [1.165, 1.54) is 5.56 Å². The Balaban J connectivity index is 1.53. The van der Waals surface area contributed by atoms with Crippen molar-refractivity contribution in [2.75, 3.05) is 39.4 Å². The quantitative estimate of drug-likeness (QED) is 0.704. The molecule has 4 rings (SSSR count). The van der Waals surface area contributed by atoms with Crippen LogP contribution >= 0.6 is 12.2 Å². The van der Waals surface area contributed by atoms with Gasteiger partial charge in [-0.2, -0.15) is 0 Å². The summed E-state index contributed by atoms with van der Waals surface area (Å²) in [5.41, 5.74) is 2.32. The molecule has 2 fully saturated rings. The number of rotatable bonds is 7. The highest BCUT2D eigenvalue weighted by atomic mass is 32.1. The van der Waals surface area contributed by atoms with Crippen molar-refractivity contribution in [3.8, 4) is 0 Å². The van der Waals surface area contributed by atoms with Gasteiger partial charge in [0.2, 0.25) is 0 Å². The Morgan fingerprint density at radius 1 is 1.21 bits per heavy atom. The summed E-state index contributed by atoms with van der Waals surface area (Å²) in [6.45, 7) is 10.2. The average molecular weight is 414 g/mol. The molecule has 29 heavy (non-hydrogen) atoms. The highest BCUT2D eigenvalue weighted by Crippen LogP contribution is 2.38. The second kappa shape index (κ2) is 9.24.